The van der Waals surface area contributed by atoms with E-state index in [1.165, 1.54) is 14.0 Å². The fourth-order valence-electron chi connectivity index (χ4n) is 10.2. The fraction of sp³-hybridized carbons (Fsp3) is 0.385. The average molecular weight is 1050 g/mol. The number of rotatable bonds is 9. The number of carbonyl (C=O) groups is 3. The molecule has 10 nitrogen and oxygen atoms in total. The zero-order valence-corrected chi connectivity index (χ0v) is 40.5. The monoisotopic (exact) mass is 1050 g/mol. The van der Waals surface area contributed by atoms with Crippen LogP contribution in [0.3, 0.4) is 0 Å². The van der Waals surface area contributed by atoms with E-state index < -0.39 is 95.2 Å². The van der Waals surface area contributed by atoms with Gasteiger partial charge in [0.2, 0.25) is 0 Å². The molecule has 0 saturated carbocycles. The molecule has 1 unspecified atom stereocenters. The molecule has 2 amide bonds. The van der Waals surface area contributed by atoms with E-state index in [2.05, 4.69) is 15.0 Å². The molecule has 4 aromatic rings. The first-order valence-corrected chi connectivity index (χ1v) is 23.2. The molecule has 4 aliphatic heterocycles. The lowest BCUT2D eigenvalue weighted by Crippen LogP contribution is -2.40. The van der Waals surface area contributed by atoms with Gasteiger partial charge in [-0.1, -0.05) is 20.8 Å². The third-order valence-electron chi connectivity index (χ3n) is 14.1. The highest BCUT2D eigenvalue weighted by atomic mass is 19.4. The van der Waals surface area contributed by atoms with Crippen LogP contribution >= 0.6 is 0 Å². The summed E-state index contributed by atoms with van der Waals surface area (Å²) >= 11 is 0. The lowest BCUT2D eigenvalue weighted by atomic mass is 9.84. The average Bonchev–Trinajstić information content (AvgIpc) is 4.00. The minimum absolute atomic E-state index is 0.00336. The number of imide groups is 1. The summed E-state index contributed by atoms with van der Waals surface area (Å²) in [6.45, 7) is 8.79. The summed E-state index contributed by atoms with van der Waals surface area (Å²) in [4.78, 5) is 64.1. The number of hydrogen-bond donors (Lipinski definition) is 2. The third-order valence-corrected chi connectivity index (χ3v) is 14.1. The number of aromatic nitrogens is 4. The van der Waals surface area contributed by atoms with E-state index in [0.717, 1.165) is 0 Å². The summed E-state index contributed by atoms with van der Waals surface area (Å²) < 4.78 is 172. The Kier molecular flexibility index (Phi) is 13.7. The number of aryl methyl sites for hydroxylation is 1. The molecule has 4 atom stereocenters. The molecule has 2 aromatic carbocycles. The number of carbonyl (C=O) groups excluding carboxylic acids is 3. The van der Waals surface area contributed by atoms with Gasteiger partial charge in [-0.2, -0.15) is 52.7 Å². The number of methoxy groups -OCH3 is 1. The highest BCUT2D eigenvalue weighted by Gasteiger charge is 2.43. The molecule has 8 bridgehead atoms. The maximum absolute atomic E-state index is 15.1. The minimum atomic E-state index is -5.24. The molecular formula is C52H46F12N6O4. The van der Waals surface area contributed by atoms with Crippen molar-refractivity contribution in [1.82, 2.24) is 24.8 Å². The highest BCUT2D eigenvalue weighted by molar-refractivity contribution is 6.29. The van der Waals surface area contributed by atoms with Crippen molar-refractivity contribution >= 4 is 45.7 Å². The van der Waals surface area contributed by atoms with Crippen molar-refractivity contribution in [1.29, 1.82) is 0 Å². The number of amides is 2. The SMILES string of the molecule is CCC1c2cc3[nH]c4c(c5nc(cc6nc(cc([nH]2)[C@@H]1C)C(C(C)=NCc1cc(C(F)(F)F)cc(C(F)(F)F)c1)=C6C)[C@@H](C)[C@@H]5CCC(=O)OC)C(=O)N(Cc1cc(C(F)(F)F)cc(C(F)(F)F)c1)C(=O)c4c3C. The van der Waals surface area contributed by atoms with Gasteiger partial charge in [0.25, 0.3) is 11.8 Å². The molecule has 0 aliphatic carbocycles. The van der Waals surface area contributed by atoms with Crippen molar-refractivity contribution in [2.45, 2.75) is 122 Å². The Balaban J connectivity index is 1.39. The second kappa shape index (κ2) is 19.0. The van der Waals surface area contributed by atoms with Crippen molar-refractivity contribution in [3.05, 3.63) is 139 Å². The zero-order valence-electron chi connectivity index (χ0n) is 40.5. The minimum Gasteiger partial charge on any atom is -0.469 e. The second-order valence-electron chi connectivity index (χ2n) is 18.8. The quantitative estimate of drug-likeness (QED) is 0.0742. The van der Waals surface area contributed by atoms with Gasteiger partial charge in [-0.25, -0.2) is 4.98 Å². The summed E-state index contributed by atoms with van der Waals surface area (Å²) in [6.07, 6.45) is -20.3. The maximum Gasteiger partial charge on any atom is 0.416 e. The standard InChI is InChI=1S/C52H46F12N6O4/c1-8-33-22(2)35-19-40-42(26(6)65-20-27-11-29(49(53,54)55)15-30(12-27)50(56,57)58)24(4)37(67-40)17-36-23(3)34(9-10-41(71)74-7)45(68-36)44-46-43(25(5)38(69-46)18-39(33)66-35)47(72)70(48(44)73)21-28-13-31(51(59,60)61)16-32(14-28)52(62,63)64/h11-19,22-23,33-34,66,69H,8-10,20-21H2,1-7H3/t22-,23+,33?,34+/m1/s1. The van der Waals surface area contributed by atoms with Gasteiger partial charge >= 0.3 is 30.7 Å². The van der Waals surface area contributed by atoms with E-state index >= 15 is 4.79 Å². The number of aliphatic imine (C=N–C) groups is 1. The number of ether oxygens (including phenoxy) is 1. The summed E-state index contributed by atoms with van der Waals surface area (Å²) in [5.74, 6) is -4.67. The predicted molar refractivity (Wildman–Crippen MR) is 247 cm³/mol. The van der Waals surface area contributed by atoms with Crippen LogP contribution in [-0.2, 0) is 47.3 Å². The molecule has 6 heterocycles. The molecule has 8 rings (SSSR count). The smallest absolute Gasteiger partial charge is 0.416 e. The number of fused-ring (bicyclic) bond motifs is 8. The zero-order chi connectivity index (χ0) is 54.3. The number of aromatic amines is 2. The Morgan fingerprint density at radius 3 is 1.78 bits per heavy atom. The summed E-state index contributed by atoms with van der Waals surface area (Å²) in [7, 11) is 1.17. The van der Waals surface area contributed by atoms with E-state index in [9.17, 15) is 62.3 Å². The molecule has 74 heavy (non-hydrogen) atoms. The lowest BCUT2D eigenvalue weighted by molar-refractivity contribution is -0.144. The van der Waals surface area contributed by atoms with Crippen LogP contribution in [-0.4, -0.2) is 55.4 Å². The normalized spacial score (nSPS) is 19.1. The van der Waals surface area contributed by atoms with Gasteiger partial charge in [0.05, 0.1) is 76.2 Å². The largest absolute Gasteiger partial charge is 0.469 e. The van der Waals surface area contributed by atoms with Crippen LogP contribution in [0, 0.1) is 6.92 Å². The number of hydrogen-bond acceptors (Lipinski definition) is 7. The van der Waals surface area contributed by atoms with Gasteiger partial charge < -0.3 is 14.7 Å². The maximum atomic E-state index is 15.1. The lowest BCUT2D eigenvalue weighted by Gasteiger charge is -2.27. The Labute approximate surface area is 414 Å². The van der Waals surface area contributed by atoms with Crippen molar-refractivity contribution in [3.8, 4) is 0 Å². The van der Waals surface area contributed by atoms with Crippen LogP contribution in [0.15, 0.2) is 59.6 Å². The van der Waals surface area contributed by atoms with Crippen LogP contribution in [0.4, 0.5) is 52.7 Å². The second-order valence-corrected chi connectivity index (χ2v) is 18.8. The number of H-pyrrole nitrogens is 2. The van der Waals surface area contributed by atoms with Crippen LogP contribution in [0.1, 0.15) is 171 Å². The molecule has 0 fully saturated rings. The van der Waals surface area contributed by atoms with Gasteiger partial charge in [-0.05, 0) is 110 Å². The van der Waals surface area contributed by atoms with Gasteiger partial charge in [-0.15, -0.1) is 0 Å². The van der Waals surface area contributed by atoms with Crippen molar-refractivity contribution in [3.63, 3.8) is 0 Å². The molecule has 0 saturated heterocycles. The van der Waals surface area contributed by atoms with Crippen LogP contribution in [0.5, 0.6) is 0 Å². The fourth-order valence-corrected chi connectivity index (χ4v) is 10.2. The number of allylic oxidation sites excluding steroid dienone is 2. The van der Waals surface area contributed by atoms with Gasteiger partial charge in [-0.3, -0.25) is 29.3 Å². The molecule has 22 heteroatoms. The van der Waals surface area contributed by atoms with Crippen LogP contribution in [0.25, 0.3) is 22.2 Å². The van der Waals surface area contributed by atoms with E-state index in [4.69, 9.17) is 14.7 Å². The number of nitrogens with zero attached hydrogens (tertiary/aromatic N) is 4. The van der Waals surface area contributed by atoms with Crippen molar-refractivity contribution in [2.75, 3.05) is 7.11 Å². The third kappa shape index (κ3) is 10.0. The number of benzene rings is 2. The molecule has 4 aliphatic rings. The van der Waals surface area contributed by atoms with E-state index in [1.54, 1.807) is 39.0 Å². The van der Waals surface area contributed by atoms with Gasteiger partial charge in [0.1, 0.15) is 0 Å². The predicted octanol–water partition coefficient (Wildman–Crippen LogP) is 13.9. The van der Waals surface area contributed by atoms with E-state index in [-0.39, 0.29) is 81.7 Å². The highest BCUT2D eigenvalue weighted by Crippen LogP contribution is 2.47. The van der Waals surface area contributed by atoms with E-state index in [1.807, 2.05) is 13.8 Å². The van der Waals surface area contributed by atoms with Gasteiger partial charge in [0, 0.05) is 64.0 Å². The Bertz CT molecular complexity index is 3200. The first-order valence-electron chi connectivity index (χ1n) is 23.2. The number of esters is 1. The molecule has 2 N–H and O–H groups in total. The van der Waals surface area contributed by atoms with Crippen LogP contribution < -0.4 is 0 Å². The number of nitrogens with one attached hydrogen (secondary N) is 2. The Morgan fingerprint density at radius 1 is 0.689 bits per heavy atom. The molecule has 0 spiro atoms. The molecule has 0 radical (unpaired) electrons. The Morgan fingerprint density at radius 2 is 1.24 bits per heavy atom. The topological polar surface area (TPSA) is 133 Å². The number of halogens is 12. The molecule has 392 valence electrons. The molecule has 2 aromatic heterocycles. The van der Waals surface area contributed by atoms with Gasteiger partial charge in [0.15, 0.2) is 0 Å². The summed E-state index contributed by atoms with van der Waals surface area (Å²) in [5.41, 5.74) is -3.76. The number of alkyl halides is 12. The summed E-state index contributed by atoms with van der Waals surface area (Å²) in [6, 6.07) is 7.11. The van der Waals surface area contributed by atoms with Crippen molar-refractivity contribution < 1.29 is 71.8 Å². The van der Waals surface area contributed by atoms with Crippen LogP contribution in [0.2, 0.25) is 0 Å². The Hall–Kier alpha value is -7.00. The van der Waals surface area contributed by atoms with Crippen molar-refractivity contribution in [2.24, 2.45) is 4.99 Å². The first-order chi connectivity index (χ1) is 34.4. The first kappa shape index (κ1) is 53.3. The van der Waals surface area contributed by atoms with E-state index in [0.29, 0.717) is 75.0 Å². The molecular weight excluding hydrogens is 1000 g/mol. The summed E-state index contributed by atoms with van der Waals surface area (Å²) in [5, 5.41) is 0.